The molecule has 0 heterocycles. The minimum absolute atomic E-state index is 0.107. The number of benzene rings is 3. The number of fused-ring (bicyclic) bond motifs is 1. The van der Waals surface area contributed by atoms with Gasteiger partial charge in [-0.2, -0.15) is 0 Å². The molecule has 0 atom stereocenters. The Balaban J connectivity index is 1.55. The fourth-order valence-corrected chi connectivity index (χ4v) is 3.33. The molecule has 0 aliphatic rings. The molecule has 24 heavy (non-hydrogen) atoms. The van der Waals surface area contributed by atoms with E-state index in [0.29, 0.717) is 16.3 Å². The number of amides is 1. The molecule has 3 aromatic rings. The zero-order chi connectivity index (χ0) is 16.9. The van der Waals surface area contributed by atoms with Crippen LogP contribution in [0.2, 0.25) is 5.02 Å². The maximum absolute atomic E-state index is 13.7. The molecule has 0 aromatic heterocycles. The summed E-state index contributed by atoms with van der Waals surface area (Å²) in [5.74, 6) is 0.234. The van der Waals surface area contributed by atoms with Crippen LogP contribution in [0.4, 0.5) is 10.1 Å². The van der Waals surface area contributed by atoms with Gasteiger partial charge in [-0.1, -0.05) is 48.0 Å². The van der Waals surface area contributed by atoms with Gasteiger partial charge in [-0.05, 0) is 40.6 Å². The lowest BCUT2D eigenvalue weighted by Gasteiger charge is -2.07. The molecule has 0 saturated carbocycles. The summed E-state index contributed by atoms with van der Waals surface area (Å²) in [4.78, 5) is 12.0. The molecule has 0 saturated heterocycles. The predicted octanol–water partition coefficient (Wildman–Crippen LogP) is 5.50. The third-order valence-electron chi connectivity index (χ3n) is 3.54. The zero-order valence-electron chi connectivity index (χ0n) is 12.8. The van der Waals surface area contributed by atoms with Crippen molar-refractivity contribution in [2.45, 2.75) is 5.75 Å². The Morgan fingerprint density at radius 2 is 1.83 bits per heavy atom. The molecule has 0 unspecified atom stereocenters. The lowest BCUT2D eigenvalue weighted by Crippen LogP contribution is -2.14. The first kappa shape index (κ1) is 16.8. The Labute approximate surface area is 149 Å². The minimum Gasteiger partial charge on any atom is -0.325 e. The molecule has 1 amide bonds. The van der Waals surface area contributed by atoms with Crippen molar-refractivity contribution in [1.29, 1.82) is 0 Å². The summed E-state index contributed by atoms with van der Waals surface area (Å²) >= 11 is 7.08. The third kappa shape index (κ3) is 4.28. The SMILES string of the molecule is O=C(CSCc1ccc(Cl)cc1F)Nc1ccc2ccccc2c1. The van der Waals surface area contributed by atoms with Gasteiger partial charge in [0.1, 0.15) is 5.82 Å². The average Bonchev–Trinajstić information content (AvgIpc) is 2.57. The van der Waals surface area contributed by atoms with E-state index < -0.39 is 0 Å². The van der Waals surface area contributed by atoms with Crippen molar-refractivity contribution >= 4 is 45.7 Å². The molecule has 3 aromatic carbocycles. The number of rotatable bonds is 5. The van der Waals surface area contributed by atoms with Crippen LogP contribution < -0.4 is 5.32 Å². The normalized spacial score (nSPS) is 10.8. The van der Waals surface area contributed by atoms with Gasteiger partial charge in [0.25, 0.3) is 0 Å². The van der Waals surface area contributed by atoms with Crippen LogP contribution in [-0.4, -0.2) is 11.7 Å². The highest BCUT2D eigenvalue weighted by atomic mass is 35.5. The Hall–Kier alpha value is -2.04. The van der Waals surface area contributed by atoms with E-state index in [4.69, 9.17) is 11.6 Å². The van der Waals surface area contributed by atoms with Gasteiger partial charge in [-0.15, -0.1) is 11.8 Å². The van der Waals surface area contributed by atoms with E-state index in [2.05, 4.69) is 5.32 Å². The van der Waals surface area contributed by atoms with Crippen molar-refractivity contribution in [3.8, 4) is 0 Å². The highest BCUT2D eigenvalue weighted by Crippen LogP contribution is 2.21. The Kier molecular flexibility index (Phi) is 5.38. The number of nitrogens with one attached hydrogen (secondary N) is 1. The lowest BCUT2D eigenvalue weighted by atomic mass is 10.1. The topological polar surface area (TPSA) is 29.1 Å². The molecular formula is C19H15ClFNOS. The van der Waals surface area contributed by atoms with Crippen molar-refractivity contribution in [3.05, 3.63) is 77.1 Å². The summed E-state index contributed by atoms with van der Waals surface area (Å²) in [6.07, 6.45) is 0. The number of carbonyl (C=O) groups is 1. The predicted molar refractivity (Wildman–Crippen MR) is 100 cm³/mol. The molecule has 0 radical (unpaired) electrons. The van der Waals surface area contributed by atoms with Gasteiger partial charge in [0.15, 0.2) is 0 Å². The van der Waals surface area contributed by atoms with Gasteiger partial charge in [0.05, 0.1) is 5.75 Å². The molecule has 5 heteroatoms. The average molecular weight is 360 g/mol. The molecule has 2 nitrogen and oxygen atoms in total. The molecule has 0 aliphatic heterocycles. The molecule has 122 valence electrons. The summed E-state index contributed by atoms with van der Waals surface area (Å²) in [5, 5.41) is 5.44. The van der Waals surface area contributed by atoms with Crippen molar-refractivity contribution in [3.63, 3.8) is 0 Å². The number of hydrogen-bond donors (Lipinski definition) is 1. The summed E-state index contributed by atoms with van der Waals surface area (Å²) in [6, 6.07) is 18.3. The number of anilines is 1. The maximum atomic E-state index is 13.7. The van der Waals surface area contributed by atoms with Crippen molar-refractivity contribution < 1.29 is 9.18 Å². The van der Waals surface area contributed by atoms with E-state index in [1.165, 1.54) is 17.8 Å². The smallest absolute Gasteiger partial charge is 0.234 e. The van der Waals surface area contributed by atoms with E-state index in [0.717, 1.165) is 16.5 Å². The summed E-state index contributed by atoms with van der Waals surface area (Å²) in [6.45, 7) is 0. The van der Waals surface area contributed by atoms with Gasteiger partial charge in [-0.3, -0.25) is 4.79 Å². The lowest BCUT2D eigenvalue weighted by molar-refractivity contribution is -0.113. The largest absolute Gasteiger partial charge is 0.325 e. The third-order valence-corrected chi connectivity index (χ3v) is 4.76. The number of halogens is 2. The van der Waals surface area contributed by atoms with Crippen LogP contribution in [0.15, 0.2) is 60.7 Å². The summed E-state index contributed by atoms with van der Waals surface area (Å²) < 4.78 is 13.7. The highest BCUT2D eigenvalue weighted by molar-refractivity contribution is 7.99. The molecule has 0 aliphatic carbocycles. The second kappa shape index (κ2) is 7.69. The van der Waals surface area contributed by atoms with Crippen LogP contribution in [0.5, 0.6) is 0 Å². The molecule has 0 fully saturated rings. The standard InChI is InChI=1S/C19H15ClFNOS/c20-16-7-5-15(18(21)10-16)11-24-12-19(23)22-17-8-6-13-3-1-2-4-14(13)9-17/h1-10H,11-12H2,(H,22,23). The highest BCUT2D eigenvalue weighted by Gasteiger charge is 2.07. The second-order valence-corrected chi connectivity index (χ2v) is 6.76. The van der Waals surface area contributed by atoms with Crippen molar-refractivity contribution in [1.82, 2.24) is 0 Å². The molecule has 1 N–H and O–H groups in total. The van der Waals surface area contributed by atoms with Gasteiger partial charge in [0, 0.05) is 16.5 Å². The first-order chi connectivity index (χ1) is 11.6. The Morgan fingerprint density at radius 3 is 2.62 bits per heavy atom. The van der Waals surface area contributed by atoms with Gasteiger partial charge >= 0.3 is 0 Å². The molecule has 0 spiro atoms. The summed E-state index contributed by atoms with van der Waals surface area (Å²) in [5.41, 5.74) is 1.31. The number of hydrogen-bond acceptors (Lipinski definition) is 2. The number of thioether (sulfide) groups is 1. The summed E-state index contributed by atoms with van der Waals surface area (Å²) in [7, 11) is 0. The van der Waals surface area contributed by atoms with E-state index in [9.17, 15) is 9.18 Å². The van der Waals surface area contributed by atoms with Crippen LogP contribution in [0.25, 0.3) is 10.8 Å². The van der Waals surface area contributed by atoms with Crippen LogP contribution in [0.3, 0.4) is 0 Å². The first-order valence-corrected chi connectivity index (χ1v) is 8.95. The fourth-order valence-electron chi connectivity index (χ4n) is 2.36. The van der Waals surface area contributed by atoms with Gasteiger partial charge in [0.2, 0.25) is 5.91 Å². The Bertz CT molecular complexity index is 884. The van der Waals surface area contributed by atoms with Crippen LogP contribution in [0.1, 0.15) is 5.56 Å². The molecule has 3 rings (SSSR count). The molecular weight excluding hydrogens is 345 g/mol. The van der Waals surface area contributed by atoms with E-state index >= 15 is 0 Å². The minimum atomic E-state index is -0.343. The maximum Gasteiger partial charge on any atom is 0.234 e. The van der Waals surface area contributed by atoms with Gasteiger partial charge < -0.3 is 5.32 Å². The first-order valence-electron chi connectivity index (χ1n) is 7.42. The van der Waals surface area contributed by atoms with E-state index in [1.54, 1.807) is 12.1 Å². The number of carbonyl (C=O) groups excluding carboxylic acids is 1. The molecule has 0 bridgehead atoms. The van der Waals surface area contributed by atoms with Crippen molar-refractivity contribution in [2.75, 3.05) is 11.1 Å². The quantitative estimate of drug-likeness (QED) is 0.651. The van der Waals surface area contributed by atoms with Crippen LogP contribution >= 0.6 is 23.4 Å². The monoisotopic (exact) mass is 359 g/mol. The van der Waals surface area contributed by atoms with Crippen LogP contribution in [-0.2, 0) is 10.5 Å². The zero-order valence-corrected chi connectivity index (χ0v) is 14.3. The Morgan fingerprint density at radius 1 is 1.04 bits per heavy atom. The van der Waals surface area contributed by atoms with Gasteiger partial charge in [-0.25, -0.2) is 4.39 Å². The second-order valence-electron chi connectivity index (χ2n) is 5.34. The fraction of sp³-hybridized carbons (Fsp3) is 0.105. The van der Waals surface area contributed by atoms with E-state index in [1.807, 2.05) is 42.5 Å². The van der Waals surface area contributed by atoms with E-state index in [-0.39, 0.29) is 17.5 Å². The van der Waals surface area contributed by atoms with Crippen LogP contribution in [0, 0.1) is 5.82 Å². The van der Waals surface area contributed by atoms with Crippen molar-refractivity contribution in [2.24, 2.45) is 0 Å².